The van der Waals surface area contributed by atoms with Gasteiger partial charge in [-0.15, -0.1) is 11.6 Å². The number of hydrogen-bond acceptors (Lipinski definition) is 0. The Bertz CT molecular complexity index is 531. The molecular formula is C16H16ClF. The minimum Gasteiger partial charge on any atom is -0.207 e. The van der Waals surface area contributed by atoms with Crippen LogP contribution in [0.5, 0.6) is 0 Å². The van der Waals surface area contributed by atoms with Crippen LogP contribution in [0.2, 0.25) is 0 Å². The summed E-state index contributed by atoms with van der Waals surface area (Å²) in [6.45, 7) is 4.17. The monoisotopic (exact) mass is 262 g/mol. The third kappa shape index (κ3) is 2.91. The maximum atomic E-state index is 12.8. The van der Waals surface area contributed by atoms with Crippen molar-refractivity contribution < 1.29 is 4.39 Å². The fourth-order valence-corrected chi connectivity index (χ4v) is 2.47. The summed E-state index contributed by atoms with van der Waals surface area (Å²) in [6, 6.07) is 12.7. The van der Waals surface area contributed by atoms with E-state index in [1.807, 2.05) is 6.07 Å². The molecule has 0 aliphatic heterocycles. The number of alkyl halides is 1. The van der Waals surface area contributed by atoms with Gasteiger partial charge in [0.2, 0.25) is 0 Å². The lowest BCUT2D eigenvalue weighted by Gasteiger charge is -2.14. The van der Waals surface area contributed by atoms with E-state index < -0.39 is 0 Å². The molecule has 0 bridgehead atoms. The average molecular weight is 263 g/mol. The van der Waals surface area contributed by atoms with Crippen molar-refractivity contribution in [1.29, 1.82) is 0 Å². The van der Waals surface area contributed by atoms with E-state index in [2.05, 4.69) is 26.0 Å². The number of aryl methyl sites for hydroxylation is 1. The summed E-state index contributed by atoms with van der Waals surface area (Å²) in [7, 11) is 0. The zero-order valence-electron chi connectivity index (χ0n) is 10.6. The van der Waals surface area contributed by atoms with Gasteiger partial charge >= 0.3 is 0 Å². The largest absolute Gasteiger partial charge is 0.207 e. The molecule has 0 saturated carbocycles. The summed E-state index contributed by atoms with van der Waals surface area (Å²) < 4.78 is 12.8. The van der Waals surface area contributed by atoms with E-state index in [4.69, 9.17) is 11.6 Å². The summed E-state index contributed by atoms with van der Waals surface area (Å²) in [4.78, 5) is 0. The van der Waals surface area contributed by atoms with Crippen LogP contribution in [0.1, 0.15) is 27.6 Å². The average Bonchev–Trinajstić information content (AvgIpc) is 2.35. The highest BCUT2D eigenvalue weighted by atomic mass is 35.5. The van der Waals surface area contributed by atoms with Crippen LogP contribution >= 0.6 is 11.6 Å². The summed E-state index contributed by atoms with van der Waals surface area (Å²) >= 11 is 6.46. The molecule has 0 nitrogen and oxygen atoms in total. The molecule has 0 radical (unpaired) electrons. The molecule has 0 heterocycles. The zero-order chi connectivity index (χ0) is 13.1. The van der Waals surface area contributed by atoms with Crippen molar-refractivity contribution in [3.8, 4) is 0 Å². The zero-order valence-corrected chi connectivity index (χ0v) is 11.3. The number of rotatable bonds is 3. The highest BCUT2D eigenvalue weighted by Crippen LogP contribution is 2.29. The molecule has 2 aromatic carbocycles. The summed E-state index contributed by atoms with van der Waals surface area (Å²) in [5.74, 6) is -0.211. The Hall–Kier alpha value is -1.34. The Morgan fingerprint density at radius 3 is 2.39 bits per heavy atom. The first-order chi connectivity index (χ1) is 8.58. The molecule has 0 fully saturated rings. The van der Waals surface area contributed by atoms with Crippen molar-refractivity contribution in [1.82, 2.24) is 0 Å². The van der Waals surface area contributed by atoms with Gasteiger partial charge < -0.3 is 0 Å². The van der Waals surface area contributed by atoms with Gasteiger partial charge in [-0.3, -0.25) is 0 Å². The van der Waals surface area contributed by atoms with Crippen molar-refractivity contribution in [3.05, 3.63) is 70.5 Å². The third-order valence-electron chi connectivity index (χ3n) is 3.31. The molecule has 18 heavy (non-hydrogen) atoms. The van der Waals surface area contributed by atoms with Gasteiger partial charge in [0.25, 0.3) is 0 Å². The molecule has 2 heteroatoms. The summed E-state index contributed by atoms with van der Waals surface area (Å²) in [5, 5.41) is -0.0737. The highest BCUT2D eigenvalue weighted by Gasteiger charge is 2.12. The number of halogens is 2. The van der Waals surface area contributed by atoms with Crippen molar-refractivity contribution in [3.63, 3.8) is 0 Å². The predicted octanol–water partition coefficient (Wildman–Crippen LogP) is 4.97. The van der Waals surface area contributed by atoms with Gasteiger partial charge in [0, 0.05) is 0 Å². The summed E-state index contributed by atoms with van der Waals surface area (Å²) in [5.41, 5.74) is 4.69. The normalized spacial score (nSPS) is 12.4. The van der Waals surface area contributed by atoms with E-state index in [1.165, 1.54) is 23.3 Å². The summed E-state index contributed by atoms with van der Waals surface area (Å²) in [6.07, 6.45) is 0.714. The van der Waals surface area contributed by atoms with Gasteiger partial charge in [-0.05, 0) is 54.7 Å². The first-order valence-corrected chi connectivity index (χ1v) is 6.46. The SMILES string of the molecule is Cc1cccc(C(Cl)Cc2ccc(F)cc2)c1C. The Morgan fingerprint density at radius 1 is 1.06 bits per heavy atom. The van der Waals surface area contributed by atoms with Crippen LogP contribution in [0, 0.1) is 19.7 Å². The lowest BCUT2D eigenvalue weighted by molar-refractivity contribution is 0.627. The first-order valence-electron chi connectivity index (χ1n) is 6.02. The quantitative estimate of drug-likeness (QED) is 0.686. The molecule has 0 aromatic heterocycles. The lowest BCUT2D eigenvalue weighted by atomic mass is 9.97. The van der Waals surface area contributed by atoms with E-state index >= 15 is 0 Å². The van der Waals surface area contributed by atoms with Gasteiger partial charge in [-0.1, -0.05) is 30.3 Å². The fourth-order valence-electron chi connectivity index (χ4n) is 2.05. The molecule has 1 unspecified atom stereocenters. The molecule has 0 aliphatic carbocycles. The van der Waals surface area contributed by atoms with Gasteiger partial charge in [-0.25, -0.2) is 4.39 Å². The second-order valence-electron chi connectivity index (χ2n) is 4.59. The molecule has 94 valence electrons. The van der Waals surface area contributed by atoms with E-state index in [0.29, 0.717) is 6.42 Å². The van der Waals surface area contributed by atoms with Gasteiger partial charge in [0.15, 0.2) is 0 Å². The van der Waals surface area contributed by atoms with Crippen LogP contribution in [0.25, 0.3) is 0 Å². The van der Waals surface area contributed by atoms with Crippen LogP contribution in [0.15, 0.2) is 42.5 Å². The Kier molecular flexibility index (Phi) is 4.03. The molecule has 1 atom stereocenters. The van der Waals surface area contributed by atoms with Crippen molar-refractivity contribution in [2.24, 2.45) is 0 Å². The fraction of sp³-hybridized carbons (Fsp3) is 0.250. The van der Waals surface area contributed by atoms with Gasteiger partial charge in [0.05, 0.1) is 5.38 Å². The third-order valence-corrected chi connectivity index (χ3v) is 3.70. The van der Waals surface area contributed by atoms with E-state index in [0.717, 1.165) is 11.1 Å². The van der Waals surface area contributed by atoms with Crippen LogP contribution < -0.4 is 0 Å². The maximum Gasteiger partial charge on any atom is 0.123 e. The van der Waals surface area contributed by atoms with Crippen molar-refractivity contribution >= 4 is 11.6 Å². The minimum absolute atomic E-state index is 0.0737. The molecule has 2 aromatic rings. The lowest BCUT2D eigenvalue weighted by Crippen LogP contribution is -1.99. The van der Waals surface area contributed by atoms with Crippen LogP contribution in [-0.2, 0) is 6.42 Å². The topological polar surface area (TPSA) is 0 Å². The predicted molar refractivity (Wildman–Crippen MR) is 74.6 cm³/mol. The van der Waals surface area contributed by atoms with Gasteiger partial charge in [-0.2, -0.15) is 0 Å². The standard InChI is InChI=1S/C16H16ClF/c1-11-4-3-5-15(12(11)2)16(17)10-13-6-8-14(18)9-7-13/h3-9,16H,10H2,1-2H3. The molecule has 0 amide bonds. The van der Waals surface area contributed by atoms with Crippen LogP contribution in [0.3, 0.4) is 0 Å². The maximum absolute atomic E-state index is 12.8. The Labute approximate surface area is 112 Å². The van der Waals surface area contributed by atoms with Crippen molar-refractivity contribution in [2.75, 3.05) is 0 Å². The smallest absolute Gasteiger partial charge is 0.123 e. The molecule has 0 spiro atoms. The highest BCUT2D eigenvalue weighted by molar-refractivity contribution is 6.21. The molecule has 0 saturated heterocycles. The molecule has 0 N–H and O–H groups in total. The minimum atomic E-state index is -0.211. The van der Waals surface area contributed by atoms with Gasteiger partial charge in [0.1, 0.15) is 5.82 Å². The first kappa shape index (κ1) is 13.1. The molecular weight excluding hydrogens is 247 g/mol. The number of hydrogen-bond donors (Lipinski definition) is 0. The number of benzene rings is 2. The van der Waals surface area contributed by atoms with E-state index in [1.54, 1.807) is 12.1 Å². The second-order valence-corrected chi connectivity index (χ2v) is 5.11. The Morgan fingerprint density at radius 2 is 1.72 bits per heavy atom. The van der Waals surface area contributed by atoms with Crippen LogP contribution in [-0.4, -0.2) is 0 Å². The van der Waals surface area contributed by atoms with E-state index in [9.17, 15) is 4.39 Å². The van der Waals surface area contributed by atoms with E-state index in [-0.39, 0.29) is 11.2 Å². The molecule has 0 aliphatic rings. The second kappa shape index (κ2) is 5.53. The Balaban J connectivity index is 2.19. The molecule has 2 rings (SSSR count). The van der Waals surface area contributed by atoms with Crippen molar-refractivity contribution in [2.45, 2.75) is 25.6 Å². The van der Waals surface area contributed by atoms with Crippen LogP contribution in [0.4, 0.5) is 4.39 Å².